The van der Waals surface area contributed by atoms with Crippen LogP contribution in [0.25, 0.3) is 0 Å². The Kier molecular flexibility index (Phi) is 7.11. The van der Waals surface area contributed by atoms with E-state index in [4.69, 9.17) is 9.47 Å². The number of ether oxygens (including phenoxy) is 2. The zero-order valence-electron chi connectivity index (χ0n) is 11.2. The summed E-state index contributed by atoms with van der Waals surface area (Å²) < 4.78 is 10.4. The van der Waals surface area contributed by atoms with E-state index in [9.17, 15) is 4.79 Å². The van der Waals surface area contributed by atoms with Crippen LogP contribution in [0.15, 0.2) is 30.3 Å². The Bertz CT molecular complexity index is 335. The zero-order chi connectivity index (χ0) is 13.2. The predicted octanol–water partition coefficient (Wildman–Crippen LogP) is 3.15. The van der Waals surface area contributed by atoms with Gasteiger partial charge in [-0.2, -0.15) is 0 Å². The van der Waals surface area contributed by atoms with Gasteiger partial charge in [-0.05, 0) is 12.0 Å². The number of methoxy groups -OCH3 is 1. The van der Waals surface area contributed by atoms with Crippen LogP contribution in [0.3, 0.4) is 0 Å². The van der Waals surface area contributed by atoms with Gasteiger partial charge < -0.3 is 9.47 Å². The molecule has 0 heterocycles. The second-order valence-corrected chi connectivity index (χ2v) is 4.29. The van der Waals surface area contributed by atoms with E-state index >= 15 is 0 Å². The van der Waals surface area contributed by atoms with E-state index in [1.165, 1.54) is 0 Å². The molecule has 0 aromatic heterocycles. The van der Waals surface area contributed by atoms with Crippen LogP contribution in [0.1, 0.15) is 37.7 Å². The molecular formula is C15H22O3. The summed E-state index contributed by atoms with van der Waals surface area (Å²) in [6.07, 6.45) is 3.14. The Balaban J connectivity index is 2.53. The molecular weight excluding hydrogens is 228 g/mol. The summed E-state index contributed by atoms with van der Waals surface area (Å²) in [5.74, 6) is -0.517. The fourth-order valence-electron chi connectivity index (χ4n) is 1.78. The van der Waals surface area contributed by atoms with Crippen molar-refractivity contribution < 1.29 is 14.3 Å². The van der Waals surface area contributed by atoms with Crippen LogP contribution in [0.2, 0.25) is 0 Å². The highest BCUT2D eigenvalue weighted by Crippen LogP contribution is 2.17. The van der Waals surface area contributed by atoms with Crippen LogP contribution in [0, 0.1) is 0 Å². The molecule has 1 aromatic carbocycles. The predicted molar refractivity (Wildman–Crippen MR) is 71.5 cm³/mol. The molecule has 0 saturated carbocycles. The number of hydrogen-bond donors (Lipinski definition) is 0. The number of benzene rings is 1. The van der Waals surface area contributed by atoms with E-state index in [0.29, 0.717) is 13.2 Å². The number of carbonyl (C=O) groups is 1. The molecule has 1 rings (SSSR count). The van der Waals surface area contributed by atoms with Crippen molar-refractivity contribution in [1.29, 1.82) is 0 Å². The second-order valence-electron chi connectivity index (χ2n) is 4.29. The van der Waals surface area contributed by atoms with E-state index in [1.54, 1.807) is 7.11 Å². The maximum atomic E-state index is 12.0. The van der Waals surface area contributed by atoms with Gasteiger partial charge in [-0.15, -0.1) is 0 Å². The minimum Gasteiger partial charge on any atom is -0.465 e. The molecule has 0 aliphatic carbocycles. The van der Waals surface area contributed by atoms with E-state index in [0.717, 1.165) is 24.8 Å². The Labute approximate surface area is 109 Å². The monoisotopic (exact) mass is 250 g/mol. The van der Waals surface area contributed by atoms with Crippen molar-refractivity contribution in [3.63, 3.8) is 0 Å². The fourth-order valence-corrected chi connectivity index (χ4v) is 1.78. The van der Waals surface area contributed by atoms with Crippen LogP contribution in [0.5, 0.6) is 0 Å². The Morgan fingerprint density at radius 1 is 1.22 bits per heavy atom. The summed E-state index contributed by atoms with van der Waals surface area (Å²) in [6.45, 7) is 2.98. The first-order chi connectivity index (χ1) is 8.79. The average molecular weight is 250 g/mol. The lowest BCUT2D eigenvalue weighted by Crippen LogP contribution is -2.20. The molecule has 18 heavy (non-hydrogen) atoms. The van der Waals surface area contributed by atoms with Crippen molar-refractivity contribution in [3.05, 3.63) is 35.9 Å². The summed E-state index contributed by atoms with van der Waals surface area (Å²) >= 11 is 0. The van der Waals surface area contributed by atoms with E-state index in [2.05, 4.69) is 6.92 Å². The van der Waals surface area contributed by atoms with Gasteiger partial charge in [-0.25, -0.2) is 0 Å². The number of esters is 1. The molecule has 0 spiro atoms. The lowest BCUT2D eigenvalue weighted by Gasteiger charge is -2.15. The summed E-state index contributed by atoms with van der Waals surface area (Å²) in [4.78, 5) is 12.0. The normalized spacial score (nSPS) is 12.1. The SMILES string of the molecule is CCCCCOC(=O)C(COC)c1ccccc1. The quantitative estimate of drug-likeness (QED) is 0.525. The maximum Gasteiger partial charge on any atom is 0.315 e. The average Bonchev–Trinajstić information content (AvgIpc) is 2.41. The highest BCUT2D eigenvalue weighted by Gasteiger charge is 2.21. The third-order valence-corrected chi connectivity index (χ3v) is 2.81. The van der Waals surface area contributed by atoms with Crippen molar-refractivity contribution in [2.45, 2.75) is 32.1 Å². The van der Waals surface area contributed by atoms with Crippen LogP contribution in [0.4, 0.5) is 0 Å². The van der Waals surface area contributed by atoms with Gasteiger partial charge in [0.1, 0.15) is 5.92 Å². The highest BCUT2D eigenvalue weighted by molar-refractivity contribution is 5.78. The molecule has 0 fully saturated rings. The molecule has 1 aromatic rings. The zero-order valence-corrected chi connectivity index (χ0v) is 11.2. The van der Waals surface area contributed by atoms with Gasteiger partial charge >= 0.3 is 5.97 Å². The lowest BCUT2D eigenvalue weighted by molar-refractivity contribution is -0.146. The minimum atomic E-state index is -0.321. The first kappa shape index (κ1) is 14.7. The molecule has 0 radical (unpaired) electrons. The van der Waals surface area contributed by atoms with Crippen molar-refractivity contribution in [3.8, 4) is 0 Å². The van der Waals surface area contributed by atoms with E-state index in [1.807, 2.05) is 30.3 Å². The van der Waals surface area contributed by atoms with Crippen LogP contribution in [-0.2, 0) is 14.3 Å². The third-order valence-electron chi connectivity index (χ3n) is 2.81. The van der Waals surface area contributed by atoms with Crippen molar-refractivity contribution >= 4 is 5.97 Å². The first-order valence-electron chi connectivity index (χ1n) is 6.50. The highest BCUT2D eigenvalue weighted by atomic mass is 16.5. The van der Waals surface area contributed by atoms with Crippen LogP contribution < -0.4 is 0 Å². The number of hydrogen-bond acceptors (Lipinski definition) is 3. The summed E-state index contributed by atoms with van der Waals surface area (Å²) in [5, 5.41) is 0. The second kappa shape index (κ2) is 8.70. The lowest BCUT2D eigenvalue weighted by atomic mass is 10.0. The molecule has 3 nitrogen and oxygen atoms in total. The third kappa shape index (κ3) is 4.88. The van der Waals surface area contributed by atoms with Crippen LogP contribution >= 0.6 is 0 Å². The molecule has 1 atom stereocenters. The molecule has 1 unspecified atom stereocenters. The summed E-state index contributed by atoms with van der Waals surface area (Å²) in [5.41, 5.74) is 0.944. The van der Waals surface area contributed by atoms with Crippen molar-refractivity contribution in [2.75, 3.05) is 20.3 Å². The first-order valence-corrected chi connectivity index (χ1v) is 6.50. The number of unbranched alkanes of at least 4 members (excludes halogenated alkanes) is 2. The van der Waals surface area contributed by atoms with Gasteiger partial charge in [-0.1, -0.05) is 50.1 Å². The molecule has 0 aliphatic heterocycles. The van der Waals surface area contributed by atoms with Crippen molar-refractivity contribution in [2.24, 2.45) is 0 Å². The minimum absolute atomic E-state index is 0.195. The summed E-state index contributed by atoms with van der Waals surface area (Å²) in [7, 11) is 1.60. The molecule has 3 heteroatoms. The Hall–Kier alpha value is -1.35. The fraction of sp³-hybridized carbons (Fsp3) is 0.533. The molecule has 0 aliphatic rings. The molecule has 0 saturated heterocycles. The largest absolute Gasteiger partial charge is 0.465 e. The number of carbonyl (C=O) groups excluding carboxylic acids is 1. The standard InChI is InChI=1S/C15H22O3/c1-3-4-8-11-18-15(16)14(12-17-2)13-9-6-5-7-10-13/h5-7,9-10,14H,3-4,8,11-12H2,1-2H3. The Morgan fingerprint density at radius 3 is 2.56 bits per heavy atom. The summed E-state index contributed by atoms with van der Waals surface area (Å²) in [6, 6.07) is 9.62. The van der Waals surface area contributed by atoms with Gasteiger partial charge in [-0.3, -0.25) is 4.79 Å². The maximum absolute atomic E-state index is 12.0. The van der Waals surface area contributed by atoms with Gasteiger partial charge in [0.05, 0.1) is 13.2 Å². The van der Waals surface area contributed by atoms with E-state index in [-0.39, 0.29) is 11.9 Å². The van der Waals surface area contributed by atoms with Gasteiger partial charge in [0, 0.05) is 7.11 Å². The molecule has 0 N–H and O–H groups in total. The molecule has 0 amide bonds. The van der Waals surface area contributed by atoms with Crippen molar-refractivity contribution in [1.82, 2.24) is 0 Å². The van der Waals surface area contributed by atoms with Crippen LogP contribution in [-0.4, -0.2) is 26.3 Å². The molecule has 0 bridgehead atoms. The van der Waals surface area contributed by atoms with Gasteiger partial charge in [0.25, 0.3) is 0 Å². The van der Waals surface area contributed by atoms with Gasteiger partial charge in [0.15, 0.2) is 0 Å². The smallest absolute Gasteiger partial charge is 0.315 e. The van der Waals surface area contributed by atoms with E-state index < -0.39 is 0 Å². The molecule has 100 valence electrons. The Morgan fingerprint density at radius 2 is 1.94 bits per heavy atom. The number of rotatable bonds is 8. The van der Waals surface area contributed by atoms with Gasteiger partial charge in [0.2, 0.25) is 0 Å². The topological polar surface area (TPSA) is 35.5 Å².